The SMILES string of the molecule is CCOc1cnc(NC(C)=O)cc1Nc1cc(-c2cnn(C3CC3)c2)nc(C(C)(F)F)n1. The fourth-order valence-electron chi connectivity index (χ4n) is 3.06. The van der Waals surface area contributed by atoms with Gasteiger partial charge in [-0.05, 0) is 19.8 Å². The number of hydrogen-bond acceptors (Lipinski definition) is 7. The van der Waals surface area contributed by atoms with E-state index in [-0.39, 0.29) is 17.5 Å². The van der Waals surface area contributed by atoms with Gasteiger partial charge in [0, 0.05) is 37.7 Å². The van der Waals surface area contributed by atoms with E-state index in [0.717, 1.165) is 19.8 Å². The summed E-state index contributed by atoms with van der Waals surface area (Å²) in [6.45, 7) is 4.28. The molecule has 1 aliphatic rings. The normalized spacial score (nSPS) is 13.7. The molecular weight excluding hydrogens is 420 g/mol. The van der Waals surface area contributed by atoms with Crippen LogP contribution in [0, 0.1) is 0 Å². The summed E-state index contributed by atoms with van der Waals surface area (Å²) in [4.78, 5) is 23.6. The summed E-state index contributed by atoms with van der Waals surface area (Å²) in [7, 11) is 0. The molecule has 32 heavy (non-hydrogen) atoms. The molecule has 11 heteroatoms. The Hall–Kier alpha value is -3.63. The quantitative estimate of drug-likeness (QED) is 0.535. The highest BCUT2D eigenvalue weighted by Gasteiger charge is 2.30. The molecule has 0 bridgehead atoms. The van der Waals surface area contributed by atoms with Crippen molar-refractivity contribution < 1.29 is 18.3 Å². The average Bonchev–Trinajstić information content (AvgIpc) is 3.45. The predicted molar refractivity (Wildman–Crippen MR) is 114 cm³/mol. The van der Waals surface area contributed by atoms with E-state index in [1.807, 2.05) is 11.6 Å². The summed E-state index contributed by atoms with van der Waals surface area (Å²) < 4.78 is 35.7. The topological polar surface area (TPSA) is 107 Å². The zero-order chi connectivity index (χ0) is 22.9. The van der Waals surface area contributed by atoms with Crippen molar-refractivity contribution in [3.05, 3.63) is 36.5 Å². The Morgan fingerprint density at radius 2 is 2.03 bits per heavy atom. The molecule has 1 saturated carbocycles. The maximum absolute atomic E-state index is 14.2. The van der Waals surface area contributed by atoms with Crippen molar-refractivity contribution in [2.45, 2.75) is 45.6 Å². The molecule has 9 nitrogen and oxygen atoms in total. The molecule has 0 spiro atoms. The lowest BCUT2D eigenvalue weighted by Crippen LogP contribution is -2.14. The molecule has 4 rings (SSSR count). The molecule has 168 valence electrons. The maximum Gasteiger partial charge on any atom is 0.303 e. The lowest BCUT2D eigenvalue weighted by Gasteiger charge is -2.16. The fourth-order valence-corrected chi connectivity index (χ4v) is 3.06. The monoisotopic (exact) mass is 443 g/mol. The molecule has 0 aliphatic heterocycles. The van der Waals surface area contributed by atoms with Gasteiger partial charge in [-0.2, -0.15) is 13.9 Å². The summed E-state index contributed by atoms with van der Waals surface area (Å²) in [6.07, 6.45) is 6.95. The molecule has 1 aliphatic carbocycles. The van der Waals surface area contributed by atoms with Gasteiger partial charge in [-0.25, -0.2) is 15.0 Å². The van der Waals surface area contributed by atoms with Crippen molar-refractivity contribution in [1.29, 1.82) is 0 Å². The van der Waals surface area contributed by atoms with Crippen LogP contribution in [0.25, 0.3) is 11.3 Å². The Morgan fingerprint density at radius 1 is 1.25 bits per heavy atom. The summed E-state index contributed by atoms with van der Waals surface area (Å²) in [5.41, 5.74) is 1.35. The molecule has 1 amide bonds. The highest BCUT2D eigenvalue weighted by molar-refractivity contribution is 5.88. The van der Waals surface area contributed by atoms with Crippen LogP contribution in [0.1, 0.15) is 45.5 Å². The molecule has 0 atom stereocenters. The Kier molecular flexibility index (Phi) is 5.72. The maximum atomic E-state index is 14.2. The third-order valence-electron chi connectivity index (χ3n) is 4.67. The van der Waals surface area contributed by atoms with Gasteiger partial charge in [0.1, 0.15) is 11.6 Å². The van der Waals surface area contributed by atoms with Crippen LogP contribution in [0.4, 0.5) is 26.1 Å². The number of hydrogen-bond donors (Lipinski definition) is 2. The van der Waals surface area contributed by atoms with Gasteiger partial charge in [0.25, 0.3) is 0 Å². The zero-order valence-corrected chi connectivity index (χ0v) is 17.9. The molecule has 0 saturated heterocycles. The number of halogens is 2. The number of aromatic nitrogens is 5. The van der Waals surface area contributed by atoms with E-state index in [4.69, 9.17) is 4.74 Å². The van der Waals surface area contributed by atoms with Gasteiger partial charge in [-0.1, -0.05) is 0 Å². The number of alkyl halides is 2. The van der Waals surface area contributed by atoms with E-state index < -0.39 is 11.7 Å². The number of rotatable bonds is 8. The van der Waals surface area contributed by atoms with Crippen molar-refractivity contribution in [1.82, 2.24) is 24.7 Å². The van der Waals surface area contributed by atoms with E-state index in [2.05, 4.69) is 30.7 Å². The first-order valence-corrected chi connectivity index (χ1v) is 10.2. The second-order valence-electron chi connectivity index (χ2n) is 7.60. The van der Waals surface area contributed by atoms with E-state index in [9.17, 15) is 13.6 Å². The van der Waals surface area contributed by atoms with Crippen LogP contribution in [0.3, 0.4) is 0 Å². The third kappa shape index (κ3) is 4.98. The van der Waals surface area contributed by atoms with Gasteiger partial charge in [-0.15, -0.1) is 0 Å². The number of pyridine rings is 1. The Labute approximate surface area is 183 Å². The lowest BCUT2D eigenvalue weighted by atomic mass is 10.2. The first-order chi connectivity index (χ1) is 15.2. The standard InChI is InChI=1S/C21H23F2N7O2/c1-4-32-17-10-24-18(26-12(2)31)8-16(17)27-19-7-15(28-20(29-19)21(3,22)23)13-9-25-30(11-13)14-5-6-14/h7-11,14H,4-6H2,1-3H3,(H2,24,26,27,28,29,31). The van der Waals surface area contributed by atoms with Crippen molar-refractivity contribution in [2.24, 2.45) is 0 Å². The van der Waals surface area contributed by atoms with Gasteiger partial charge < -0.3 is 15.4 Å². The van der Waals surface area contributed by atoms with Gasteiger partial charge in [0.05, 0.1) is 36.4 Å². The van der Waals surface area contributed by atoms with Crippen LogP contribution < -0.4 is 15.4 Å². The largest absolute Gasteiger partial charge is 0.490 e. The predicted octanol–water partition coefficient (Wildman–Crippen LogP) is 4.28. The van der Waals surface area contributed by atoms with Crippen molar-refractivity contribution in [2.75, 3.05) is 17.2 Å². The van der Waals surface area contributed by atoms with Crippen LogP contribution in [0.15, 0.2) is 30.7 Å². The number of carbonyl (C=O) groups is 1. The second kappa shape index (κ2) is 8.48. The van der Waals surface area contributed by atoms with E-state index in [1.165, 1.54) is 13.1 Å². The molecule has 3 aromatic heterocycles. The number of amides is 1. The molecular formula is C21H23F2N7O2. The molecule has 2 N–H and O–H groups in total. The van der Waals surface area contributed by atoms with E-state index in [1.54, 1.807) is 24.5 Å². The molecule has 0 unspecified atom stereocenters. The number of nitrogens with zero attached hydrogens (tertiary/aromatic N) is 5. The van der Waals surface area contributed by atoms with Crippen LogP contribution in [0.2, 0.25) is 0 Å². The molecule has 3 aromatic rings. The van der Waals surface area contributed by atoms with Crippen molar-refractivity contribution in [3.63, 3.8) is 0 Å². The molecule has 0 radical (unpaired) electrons. The minimum atomic E-state index is -3.25. The Bertz CT molecular complexity index is 1140. The fraction of sp³-hybridized carbons (Fsp3) is 0.381. The van der Waals surface area contributed by atoms with E-state index >= 15 is 0 Å². The van der Waals surface area contributed by atoms with Crippen LogP contribution >= 0.6 is 0 Å². The molecule has 3 heterocycles. The van der Waals surface area contributed by atoms with Crippen LogP contribution in [-0.2, 0) is 10.7 Å². The van der Waals surface area contributed by atoms with Crippen LogP contribution in [-0.4, -0.2) is 37.2 Å². The zero-order valence-electron chi connectivity index (χ0n) is 17.9. The first-order valence-electron chi connectivity index (χ1n) is 10.2. The van der Waals surface area contributed by atoms with Crippen LogP contribution in [0.5, 0.6) is 5.75 Å². The Balaban J connectivity index is 1.73. The highest BCUT2D eigenvalue weighted by atomic mass is 19.3. The van der Waals surface area contributed by atoms with Crippen molar-refractivity contribution in [3.8, 4) is 17.0 Å². The summed E-state index contributed by atoms with van der Waals surface area (Å²) >= 11 is 0. The average molecular weight is 443 g/mol. The summed E-state index contributed by atoms with van der Waals surface area (Å²) in [5, 5.41) is 9.91. The first kappa shape index (κ1) is 21.6. The van der Waals surface area contributed by atoms with E-state index in [0.29, 0.717) is 35.3 Å². The lowest BCUT2D eigenvalue weighted by molar-refractivity contribution is -0.114. The summed E-state index contributed by atoms with van der Waals surface area (Å²) in [6, 6.07) is 3.47. The molecule has 0 aromatic carbocycles. The Morgan fingerprint density at radius 3 is 2.69 bits per heavy atom. The third-order valence-corrected chi connectivity index (χ3v) is 4.67. The number of carbonyl (C=O) groups excluding carboxylic acids is 1. The summed E-state index contributed by atoms with van der Waals surface area (Å²) in [5.74, 6) is -3.35. The number of nitrogens with one attached hydrogen (secondary N) is 2. The smallest absolute Gasteiger partial charge is 0.303 e. The second-order valence-corrected chi connectivity index (χ2v) is 7.60. The number of ether oxygens (including phenoxy) is 1. The number of anilines is 3. The molecule has 1 fully saturated rings. The van der Waals surface area contributed by atoms with Gasteiger partial charge >= 0.3 is 5.92 Å². The van der Waals surface area contributed by atoms with Gasteiger partial charge in [0.2, 0.25) is 11.7 Å². The highest BCUT2D eigenvalue weighted by Crippen LogP contribution is 2.36. The van der Waals surface area contributed by atoms with Crippen molar-refractivity contribution >= 4 is 23.2 Å². The minimum absolute atomic E-state index is 0.145. The van der Waals surface area contributed by atoms with Gasteiger partial charge in [-0.3, -0.25) is 9.48 Å². The van der Waals surface area contributed by atoms with Gasteiger partial charge in [0.15, 0.2) is 5.75 Å². The minimum Gasteiger partial charge on any atom is -0.490 e.